The molecule has 0 aliphatic carbocycles. The molecule has 0 saturated heterocycles. The van der Waals surface area contributed by atoms with Crippen LogP contribution in [-0.4, -0.2) is 36.7 Å². The summed E-state index contributed by atoms with van der Waals surface area (Å²) in [6, 6.07) is 4.98. The molecule has 5 nitrogen and oxygen atoms in total. The highest BCUT2D eigenvalue weighted by Crippen LogP contribution is 2.25. The van der Waals surface area contributed by atoms with Crippen LogP contribution in [0, 0.1) is 0 Å². The number of aliphatic hydroxyl groups excluding tert-OH is 1. The van der Waals surface area contributed by atoms with E-state index in [1.807, 2.05) is 0 Å². The van der Waals surface area contributed by atoms with Gasteiger partial charge < -0.3 is 15.2 Å². The summed E-state index contributed by atoms with van der Waals surface area (Å²) in [4.78, 5) is 22.4. The van der Waals surface area contributed by atoms with Gasteiger partial charge in [-0.1, -0.05) is 29.3 Å². The van der Waals surface area contributed by atoms with E-state index < -0.39 is 18.0 Å². The summed E-state index contributed by atoms with van der Waals surface area (Å²) in [7, 11) is 1.15. The van der Waals surface area contributed by atoms with Crippen LogP contribution in [0.2, 0.25) is 10.0 Å². The maximum Gasteiger partial charge on any atom is 0.336 e. The number of halogens is 2. The minimum atomic E-state index is -1.40. The quantitative estimate of drug-likeness (QED) is 0.639. The van der Waals surface area contributed by atoms with Crippen molar-refractivity contribution in [1.29, 1.82) is 0 Å². The second-order valence-electron chi connectivity index (χ2n) is 3.75. The number of methoxy groups -OCH3 is 1. The third kappa shape index (κ3) is 4.85. The van der Waals surface area contributed by atoms with Crippen LogP contribution >= 0.6 is 23.2 Å². The Morgan fingerprint density at radius 3 is 2.55 bits per heavy atom. The van der Waals surface area contributed by atoms with Crippen molar-refractivity contribution in [2.24, 2.45) is 0 Å². The summed E-state index contributed by atoms with van der Waals surface area (Å²) < 4.78 is 4.31. The molecule has 20 heavy (non-hydrogen) atoms. The van der Waals surface area contributed by atoms with Gasteiger partial charge in [-0.2, -0.15) is 0 Å². The Morgan fingerprint density at radius 2 is 2.00 bits per heavy atom. The highest BCUT2D eigenvalue weighted by Gasteiger charge is 2.15. The molecule has 1 aromatic carbocycles. The van der Waals surface area contributed by atoms with E-state index in [0.717, 1.165) is 7.11 Å². The number of benzene rings is 1. The van der Waals surface area contributed by atoms with Gasteiger partial charge >= 0.3 is 5.97 Å². The molecule has 108 valence electrons. The van der Waals surface area contributed by atoms with Gasteiger partial charge in [0.2, 0.25) is 5.91 Å². The Kier molecular flexibility index (Phi) is 6.51. The van der Waals surface area contributed by atoms with Crippen molar-refractivity contribution in [2.45, 2.75) is 6.10 Å². The van der Waals surface area contributed by atoms with Gasteiger partial charge in [-0.15, -0.1) is 0 Å². The lowest BCUT2D eigenvalue weighted by Crippen LogP contribution is -2.36. The lowest BCUT2D eigenvalue weighted by molar-refractivity contribution is -0.150. The fourth-order valence-corrected chi connectivity index (χ4v) is 1.83. The zero-order valence-corrected chi connectivity index (χ0v) is 12.1. The minimum absolute atomic E-state index is 0.244. The van der Waals surface area contributed by atoms with Crippen LogP contribution in [0.4, 0.5) is 0 Å². The number of carbonyl (C=O) groups excluding carboxylic acids is 2. The second-order valence-corrected chi connectivity index (χ2v) is 4.57. The largest absolute Gasteiger partial charge is 0.467 e. The lowest BCUT2D eigenvalue weighted by Gasteiger charge is -2.08. The summed E-state index contributed by atoms with van der Waals surface area (Å²) >= 11 is 11.9. The summed E-state index contributed by atoms with van der Waals surface area (Å²) in [6.45, 7) is -0.244. The molecule has 0 heterocycles. The van der Waals surface area contributed by atoms with Gasteiger partial charge in [0.1, 0.15) is 0 Å². The SMILES string of the molecule is COC(=O)C(O)CNC(=O)/C=C/c1c(Cl)cccc1Cl. The standard InChI is InChI=1S/C13H13Cl2NO4/c1-20-13(19)11(17)7-16-12(18)6-5-8-9(14)3-2-4-10(8)15/h2-6,11,17H,7H2,1H3,(H,16,18)/b6-5+. The molecule has 0 saturated carbocycles. The smallest absolute Gasteiger partial charge is 0.336 e. The fourth-order valence-electron chi connectivity index (χ4n) is 1.30. The number of hydrogen-bond donors (Lipinski definition) is 2. The highest BCUT2D eigenvalue weighted by molar-refractivity contribution is 6.37. The van der Waals surface area contributed by atoms with E-state index in [1.165, 1.54) is 12.2 Å². The number of nitrogens with one attached hydrogen (secondary N) is 1. The van der Waals surface area contributed by atoms with E-state index in [2.05, 4.69) is 10.1 Å². The number of esters is 1. The van der Waals surface area contributed by atoms with Crippen molar-refractivity contribution in [3.63, 3.8) is 0 Å². The van der Waals surface area contributed by atoms with Crippen LogP contribution in [-0.2, 0) is 14.3 Å². The van der Waals surface area contributed by atoms with Crippen molar-refractivity contribution in [3.05, 3.63) is 39.9 Å². The number of carbonyl (C=O) groups is 2. The van der Waals surface area contributed by atoms with Crippen molar-refractivity contribution in [3.8, 4) is 0 Å². The summed E-state index contributed by atoms with van der Waals surface area (Å²) in [6.07, 6.45) is 1.25. The normalized spacial score (nSPS) is 12.2. The average Bonchev–Trinajstić information content (AvgIpc) is 2.43. The Labute approximate surface area is 126 Å². The Bertz CT molecular complexity index is 511. The monoisotopic (exact) mass is 317 g/mol. The predicted molar refractivity (Wildman–Crippen MR) is 76.5 cm³/mol. The zero-order valence-electron chi connectivity index (χ0n) is 10.6. The van der Waals surface area contributed by atoms with Crippen LogP contribution in [0.5, 0.6) is 0 Å². The van der Waals surface area contributed by atoms with Crippen molar-refractivity contribution in [1.82, 2.24) is 5.32 Å². The van der Waals surface area contributed by atoms with Gasteiger partial charge in [0.05, 0.1) is 13.7 Å². The van der Waals surface area contributed by atoms with Crippen molar-refractivity contribution >= 4 is 41.2 Å². The molecule has 1 rings (SSSR count). The molecule has 1 atom stereocenters. The predicted octanol–water partition coefficient (Wildman–Crippen LogP) is 1.66. The number of amides is 1. The highest BCUT2D eigenvalue weighted by atomic mass is 35.5. The van der Waals surface area contributed by atoms with Gasteiger partial charge in [0.25, 0.3) is 0 Å². The molecule has 1 unspecified atom stereocenters. The molecule has 1 amide bonds. The fraction of sp³-hybridized carbons (Fsp3) is 0.231. The molecule has 0 radical (unpaired) electrons. The molecular weight excluding hydrogens is 305 g/mol. The number of aliphatic hydroxyl groups is 1. The third-order valence-electron chi connectivity index (χ3n) is 2.34. The molecule has 0 fully saturated rings. The third-order valence-corrected chi connectivity index (χ3v) is 3.00. The average molecular weight is 318 g/mol. The van der Waals surface area contributed by atoms with Gasteiger partial charge in [-0.05, 0) is 18.2 Å². The Balaban J connectivity index is 2.58. The molecule has 0 bridgehead atoms. The summed E-state index contributed by atoms with van der Waals surface area (Å²) in [5.74, 6) is -1.31. The Morgan fingerprint density at radius 1 is 1.40 bits per heavy atom. The van der Waals surface area contributed by atoms with E-state index in [-0.39, 0.29) is 6.54 Å². The minimum Gasteiger partial charge on any atom is -0.467 e. The van der Waals surface area contributed by atoms with Gasteiger partial charge in [0, 0.05) is 21.7 Å². The first-order chi connectivity index (χ1) is 9.45. The van der Waals surface area contributed by atoms with E-state index in [4.69, 9.17) is 23.2 Å². The summed E-state index contributed by atoms with van der Waals surface area (Å²) in [5, 5.41) is 12.5. The first kappa shape index (κ1) is 16.5. The number of ether oxygens (including phenoxy) is 1. The van der Waals surface area contributed by atoms with E-state index in [0.29, 0.717) is 15.6 Å². The van der Waals surface area contributed by atoms with Gasteiger partial charge in [-0.3, -0.25) is 4.79 Å². The van der Waals surface area contributed by atoms with E-state index in [9.17, 15) is 14.7 Å². The first-order valence-corrected chi connectivity index (χ1v) is 6.37. The van der Waals surface area contributed by atoms with E-state index in [1.54, 1.807) is 18.2 Å². The Hall–Kier alpha value is -1.56. The van der Waals surface area contributed by atoms with Crippen molar-refractivity contribution in [2.75, 3.05) is 13.7 Å². The lowest BCUT2D eigenvalue weighted by atomic mass is 10.2. The molecule has 2 N–H and O–H groups in total. The molecule has 7 heteroatoms. The van der Waals surface area contributed by atoms with Crippen LogP contribution < -0.4 is 5.32 Å². The molecule has 0 aliphatic rings. The van der Waals surface area contributed by atoms with Crippen LogP contribution in [0.1, 0.15) is 5.56 Å². The van der Waals surface area contributed by atoms with E-state index >= 15 is 0 Å². The van der Waals surface area contributed by atoms with Gasteiger partial charge in [0.15, 0.2) is 6.10 Å². The molecule has 0 aromatic heterocycles. The van der Waals surface area contributed by atoms with Crippen LogP contribution in [0.25, 0.3) is 6.08 Å². The molecule has 0 aliphatic heterocycles. The second kappa shape index (κ2) is 7.89. The molecular formula is C13H13Cl2NO4. The number of rotatable bonds is 5. The van der Waals surface area contributed by atoms with Crippen LogP contribution in [0.3, 0.4) is 0 Å². The van der Waals surface area contributed by atoms with Gasteiger partial charge in [-0.25, -0.2) is 4.79 Å². The molecule has 1 aromatic rings. The number of hydrogen-bond acceptors (Lipinski definition) is 4. The molecule has 0 spiro atoms. The zero-order chi connectivity index (χ0) is 15.1. The van der Waals surface area contributed by atoms with Crippen LogP contribution in [0.15, 0.2) is 24.3 Å². The van der Waals surface area contributed by atoms with Crippen molar-refractivity contribution < 1.29 is 19.4 Å². The first-order valence-electron chi connectivity index (χ1n) is 5.61. The summed E-state index contributed by atoms with van der Waals surface area (Å²) in [5.41, 5.74) is 0.513. The maximum absolute atomic E-state index is 11.5. The maximum atomic E-state index is 11.5. The topological polar surface area (TPSA) is 75.6 Å².